The van der Waals surface area contributed by atoms with Crippen LogP contribution in [0.5, 0.6) is 0 Å². The molecule has 7 nitrogen and oxygen atoms in total. The number of amides is 2. The largest absolute Gasteiger partial charge is 0.453 e. The number of anilines is 1. The summed E-state index contributed by atoms with van der Waals surface area (Å²) in [4.78, 5) is 37.1. The maximum absolute atomic E-state index is 12.6. The first-order chi connectivity index (χ1) is 12.3. The summed E-state index contributed by atoms with van der Waals surface area (Å²) < 4.78 is 4.63. The van der Waals surface area contributed by atoms with E-state index in [1.165, 1.54) is 31.1 Å². The van der Waals surface area contributed by atoms with Crippen LogP contribution in [0.25, 0.3) is 0 Å². The highest BCUT2D eigenvalue weighted by atomic mass is 16.5. The maximum atomic E-state index is 12.6. The number of carbonyl (C=O) groups is 3. The molecule has 0 heterocycles. The lowest BCUT2D eigenvalue weighted by Gasteiger charge is -2.19. The number of hydrogen-bond donors (Lipinski definition) is 1. The summed E-state index contributed by atoms with van der Waals surface area (Å²) in [5, 5.41) is 10.8. The van der Waals surface area contributed by atoms with Gasteiger partial charge < -0.3 is 9.64 Å². The molecule has 0 aliphatic rings. The van der Waals surface area contributed by atoms with Gasteiger partial charge in [-0.25, -0.2) is 4.79 Å². The van der Waals surface area contributed by atoms with Crippen LogP contribution in [0.1, 0.15) is 33.2 Å². The Kier molecular flexibility index (Phi) is 6.08. The second-order valence-corrected chi connectivity index (χ2v) is 5.71. The van der Waals surface area contributed by atoms with Crippen LogP contribution in [0, 0.1) is 0 Å². The Morgan fingerprint density at radius 2 is 1.69 bits per heavy atom. The van der Waals surface area contributed by atoms with E-state index < -0.39 is 12.0 Å². The molecule has 0 saturated carbocycles. The molecule has 0 radical (unpaired) electrons. The maximum Gasteiger partial charge on any atom is 0.409 e. The molecule has 0 unspecified atom stereocenters. The Balaban J connectivity index is 2.26. The third-order valence-electron chi connectivity index (χ3n) is 3.79. The molecule has 0 bridgehead atoms. The summed E-state index contributed by atoms with van der Waals surface area (Å²) in [6, 6.07) is 12.8. The van der Waals surface area contributed by atoms with Gasteiger partial charge in [0, 0.05) is 19.2 Å². The summed E-state index contributed by atoms with van der Waals surface area (Å²) in [6.45, 7) is 1.60. The number of hydroxylamine groups is 1. The fourth-order valence-corrected chi connectivity index (χ4v) is 2.49. The quantitative estimate of drug-likeness (QED) is 0.505. The minimum absolute atomic E-state index is 0.111. The van der Waals surface area contributed by atoms with E-state index in [0.29, 0.717) is 10.6 Å². The van der Waals surface area contributed by atoms with Gasteiger partial charge in [0.1, 0.15) is 0 Å². The van der Waals surface area contributed by atoms with Gasteiger partial charge in [-0.2, -0.15) is 5.06 Å². The third-order valence-corrected chi connectivity index (χ3v) is 3.79. The van der Waals surface area contributed by atoms with Gasteiger partial charge in [0.15, 0.2) is 5.78 Å². The van der Waals surface area contributed by atoms with Crippen LogP contribution in [0.3, 0.4) is 0 Å². The van der Waals surface area contributed by atoms with Gasteiger partial charge in [0.05, 0.1) is 18.4 Å². The van der Waals surface area contributed by atoms with Gasteiger partial charge in [-0.3, -0.25) is 14.8 Å². The molecule has 0 fully saturated rings. The molecule has 2 amide bonds. The molecule has 2 aromatic rings. The van der Waals surface area contributed by atoms with Crippen molar-refractivity contribution in [3.63, 3.8) is 0 Å². The molecule has 7 heteroatoms. The molecule has 0 spiro atoms. The van der Waals surface area contributed by atoms with Crippen LogP contribution < -0.4 is 5.06 Å². The molecule has 0 saturated heterocycles. The molecule has 0 atom stereocenters. The smallest absolute Gasteiger partial charge is 0.409 e. The summed E-state index contributed by atoms with van der Waals surface area (Å²) >= 11 is 0. The Morgan fingerprint density at radius 3 is 2.31 bits per heavy atom. The highest BCUT2D eigenvalue weighted by Gasteiger charge is 2.21. The van der Waals surface area contributed by atoms with Crippen LogP contribution in [-0.4, -0.2) is 42.0 Å². The normalized spacial score (nSPS) is 10.2. The lowest BCUT2D eigenvalue weighted by atomic mass is 10.0. The van der Waals surface area contributed by atoms with Crippen LogP contribution in [0.2, 0.25) is 0 Å². The van der Waals surface area contributed by atoms with Crippen LogP contribution in [-0.2, 0) is 11.3 Å². The number of rotatable bonds is 5. The topological polar surface area (TPSA) is 87.2 Å². The summed E-state index contributed by atoms with van der Waals surface area (Å²) in [7, 11) is 2.86. The monoisotopic (exact) mass is 356 g/mol. The molecule has 0 aliphatic heterocycles. The van der Waals surface area contributed by atoms with E-state index in [1.54, 1.807) is 43.4 Å². The average molecular weight is 356 g/mol. The van der Waals surface area contributed by atoms with Crippen LogP contribution in [0.4, 0.5) is 10.5 Å². The molecular formula is C19H20N2O5. The third kappa shape index (κ3) is 4.25. The van der Waals surface area contributed by atoms with Gasteiger partial charge in [-0.1, -0.05) is 30.3 Å². The average Bonchev–Trinajstić information content (AvgIpc) is 2.66. The van der Waals surface area contributed by atoms with E-state index in [4.69, 9.17) is 0 Å². The zero-order valence-corrected chi connectivity index (χ0v) is 14.8. The number of benzene rings is 2. The Bertz CT molecular complexity index is 834. The van der Waals surface area contributed by atoms with Crippen molar-refractivity contribution < 1.29 is 24.3 Å². The highest BCUT2D eigenvalue weighted by molar-refractivity contribution is 6.12. The molecule has 0 aromatic heterocycles. The minimum atomic E-state index is -0.714. The lowest BCUT2D eigenvalue weighted by Crippen LogP contribution is -2.29. The van der Waals surface area contributed by atoms with Gasteiger partial charge in [-0.15, -0.1) is 0 Å². The fraction of sp³-hybridized carbons (Fsp3) is 0.211. The van der Waals surface area contributed by atoms with Gasteiger partial charge in [0.2, 0.25) is 0 Å². The molecule has 26 heavy (non-hydrogen) atoms. The van der Waals surface area contributed by atoms with Crippen molar-refractivity contribution in [1.82, 2.24) is 4.90 Å². The van der Waals surface area contributed by atoms with E-state index in [-0.39, 0.29) is 29.1 Å². The zero-order chi connectivity index (χ0) is 19.3. The predicted octanol–water partition coefficient (Wildman–Crippen LogP) is 3.12. The number of nitrogens with zero attached hydrogens (tertiary/aromatic N) is 2. The number of Topliss-reactive ketones (excluding diaryl/α,β-unsaturated/α-hetero) is 1. The van der Waals surface area contributed by atoms with Crippen molar-refractivity contribution in [3.05, 3.63) is 65.2 Å². The van der Waals surface area contributed by atoms with E-state index >= 15 is 0 Å². The molecule has 2 rings (SSSR count). The van der Waals surface area contributed by atoms with Crippen molar-refractivity contribution in [2.75, 3.05) is 19.2 Å². The second kappa shape index (κ2) is 8.26. The zero-order valence-electron chi connectivity index (χ0n) is 14.8. The first kappa shape index (κ1) is 19.1. The Hall–Kier alpha value is -3.19. The second-order valence-electron chi connectivity index (χ2n) is 5.71. The van der Waals surface area contributed by atoms with Gasteiger partial charge >= 0.3 is 6.09 Å². The highest BCUT2D eigenvalue weighted by Crippen LogP contribution is 2.20. The minimum Gasteiger partial charge on any atom is -0.453 e. The van der Waals surface area contributed by atoms with Crippen molar-refractivity contribution >= 4 is 23.5 Å². The molecule has 136 valence electrons. The van der Waals surface area contributed by atoms with Gasteiger partial charge in [-0.05, 0) is 30.7 Å². The summed E-state index contributed by atoms with van der Waals surface area (Å²) in [5.41, 5.74) is 1.27. The molecule has 2 aromatic carbocycles. The first-order valence-electron chi connectivity index (χ1n) is 7.86. The van der Waals surface area contributed by atoms with Crippen molar-refractivity contribution in [3.8, 4) is 0 Å². The Morgan fingerprint density at radius 1 is 1.04 bits per heavy atom. The summed E-state index contributed by atoms with van der Waals surface area (Å²) in [5.74, 6) is -0.981. The fourth-order valence-electron chi connectivity index (χ4n) is 2.49. The predicted molar refractivity (Wildman–Crippen MR) is 95.4 cm³/mol. The number of carbonyl (C=O) groups excluding carboxylic acids is 3. The standard InChI is InChI=1S/C19H20N2O5/c1-13(22)16-9-4-5-10-17(16)18(23)21(25)15-8-6-7-14(11-15)12-20(2)19(24)26-3/h4-11,25H,12H2,1-3H3. The van der Waals surface area contributed by atoms with E-state index in [1.807, 2.05) is 0 Å². The molecule has 0 aliphatic carbocycles. The van der Waals surface area contributed by atoms with Crippen molar-refractivity contribution in [1.29, 1.82) is 0 Å². The number of methoxy groups -OCH3 is 1. The number of ketones is 1. The first-order valence-corrected chi connectivity index (χ1v) is 7.86. The van der Waals surface area contributed by atoms with Crippen molar-refractivity contribution in [2.45, 2.75) is 13.5 Å². The number of ether oxygens (including phenoxy) is 1. The van der Waals surface area contributed by atoms with Gasteiger partial charge in [0.25, 0.3) is 5.91 Å². The lowest BCUT2D eigenvalue weighted by molar-refractivity contribution is 0.0848. The van der Waals surface area contributed by atoms with E-state index in [2.05, 4.69) is 4.74 Å². The SMILES string of the molecule is COC(=O)N(C)Cc1cccc(N(O)C(=O)c2ccccc2C(C)=O)c1. The van der Waals surface area contributed by atoms with Crippen LogP contribution >= 0.6 is 0 Å². The molecular weight excluding hydrogens is 336 g/mol. The number of hydrogen-bond acceptors (Lipinski definition) is 5. The van der Waals surface area contributed by atoms with Crippen molar-refractivity contribution in [2.24, 2.45) is 0 Å². The van der Waals surface area contributed by atoms with E-state index in [0.717, 1.165) is 0 Å². The Labute approximate surface area is 151 Å². The summed E-state index contributed by atoms with van der Waals surface area (Å²) in [6.07, 6.45) is -0.497. The van der Waals surface area contributed by atoms with E-state index in [9.17, 15) is 19.6 Å². The molecule has 1 N–H and O–H groups in total. The van der Waals surface area contributed by atoms with Crippen LogP contribution in [0.15, 0.2) is 48.5 Å².